The summed E-state index contributed by atoms with van der Waals surface area (Å²) in [7, 11) is 1.64. The summed E-state index contributed by atoms with van der Waals surface area (Å²) in [5.41, 5.74) is 1.22. The molecule has 0 saturated carbocycles. The summed E-state index contributed by atoms with van der Waals surface area (Å²) in [4.78, 5) is 0. The van der Waals surface area contributed by atoms with Crippen molar-refractivity contribution in [3.05, 3.63) is 77.0 Å². The second-order valence-corrected chi connectivity index (χ2v) is 7.95. The topological polar surface area (TPSA) is 49.2 Å². The highest BCUT2D eigenvalue weighted by Gasteiger charge is 2.19. The molecule has 0 radical (unpaired) electrons. The molecule has 0 spiro atoms. The number of benzene rings is 2. The van der Waals surface area contributed by atoms with Gasteiger partial charge in [0.2, 0.25) is 0 Å². The third-order valence-electron chi connectivity index (χ3n) is 4.05. The molecule has 0 aliphatic carbocycles. The lowest BCUT2D eigenvalue weighted by molar-refractivity contribution is 0.210. The molecule has 0 fully saturated rings. The normalized spacial score (nSPS) is 11.8. The van der Waals surface area contributed by atoms with Gasteiger partial charge in [-0.2, -0.15) is 0 Å². The van der Waals surface area contributed by atoms with Crippen LogP contribution in [0.4, 0.5) is 0 Å². The minimum atomic E-state index is -0.249. The maximum atomic E-state index is 6.05. The molecule has 5 nitrogen and oxygen atoms in total. The molecular formula is C21H22BrN3O2S. The van der Waals surface area contributed by atoms with Crippen LogP contribution in [0.15, 0.2) is 70.8 Å². The fraction of sp³-hybridized carbons (Fsp3) is 0.238. The molecule has 0 saturated heterocycles. The van der Waals surface area contributed by atoms with Crippen LogP contribution in [0.2, 0.25) is 0 Å². The fourth-order valence-corrected chi connectivity index (χ4v) is 4.04. The number of aromatic nitrogens is 3. The monoisotopic (exact) mass is 459 g/mol. The van der Waals surface area contributed by atoms with Gasteiger partial charge in [0.1, 0.15) is 11.5 Å². The molecule has 0 N–H and O–H groups in total. The minimum absolute atomic E-state index is 0.249. The molecule has 1 atom stereocenters. The van der Waals surface area contributed by atoms with E-state index in [2.05, 4.69) is 44.8 Å². The van der Waals surface area contributed by atoms with Crippen molar-refractivity contribution < 1.29 is 9.47 Å². The number of ether oxygens (including phenoxy) is 2. The van der Waals surface area contributed by atoms with Gasteiger partial charge in [-0.25, -0.2) is 0 Å². The average molecular weight is 460 g/mol. The molecule has 28 heavy (non-hydrogen) atoms. The molecule has 2 aromatic carbocycles. The minimum Gasteiger partial charge on any atom is -0.497 e. The van der Waals surface area contributed by atoms with Gasteiger partial charge in [-0.05, 0) is 48.9 Å². The van der Waals surface area contributed by atoms with Gasteiger partial charge >= 0.3 is 0 Å². The Balaban J connectivity index is 1.74. The number of hydrogen-bond acceptors (Lipinski definition) is 5. The van der Waals surface area contributed by atoms with E-state index in [1.807, 2.05) is 54.0 Å². The lowest BCUT2D eigenvalue weighted by Crippen LogP contribution is -2.12. The maximum Gasteiger partial charge on any atom is 0.191 e. The maximum absolute atomic E-state index is 6.05. The third kappa shape index (κ3) is 5.17. The zero-order valence-electron chi connectivity index (χ0n) is 15.8. The highest BCUT2D eigenvalue weighted by atomic mass is 79.9. The smallest absolute Gasteiger partial charge is 0.191 e. The summed E-state index contributed by atoms with van der Waals surface area (Å²) in [6.45, 7) is 6.46. The van der Waals surface area contributed by atoms with Crippen molar-refractivity contribution in [1.29, 1.82) is 0 Å². The second-order valence-electron chi connectivity index (χ2n) is 6.09. The largest absolute Gasteiger partial charge is 0.497 e. The van der Waals surface area contributed by atoms with E-state index in [1.54, 1.807) is 18.9 Å². The Morgan fingerprint density at radius 2 is 1.93 bits per heavy atom. The van der Waals surface area contributed by atoms with Crippen molar-refractivity contribution in [2.45, 2.75) is 30.5 Å². The van der Waals surface area contributed by atoms with Crippen molar-refractivity contribution in [2.75, 3.05) is 7.11 Å². The Labute approximate surface area is 177 Å². The summed E-state index contributed by atoms with van der Waals surface area (Å²) in [6.07, 6.45) is 1.59. The molecule has 3 aromatic rings. The van der Waals surface area contributed by atoms with Crippen LogP contribution in [0.3, 0.4) is 0 Å². The Morgan fingerprint density at radius 3 is 2.61 bits per heavy atom. The van der Waals surface area contributed by atoms with E-state index in [4.69, 9.17) is 9.47 Å². The molecule has 0 bridgehead atoms. The Hall–Kier alpha value is -2.25. The van der Waals surface area contributed by atoms with Gasteiger partial charge in [0, 0.05) is 16.8 Å². The highest BCUT2D eigenvalue weighted by molar-refractivity contribution is 9.10. The molecule has 0 aliphatic heterocycles. The summed E-state index contributed by atoms with van der Waals surface area (Å²) in [5, 5.41) is 9.61. The number of rotatable bonds is 9. The van der Waals surface area contributed by atoms with Crippen LogP contribution in [-0.2, 0) is 12.3 Å². The number of hydrogen-bond donors (Lipinski definition) is 0. The lowest BCUT2D eigenvalue weighted by Gasteiger charge is -2.16. The quantitative estimate of drug-likeness (QED) is 0.304. The van der Waals surface area contributed by atoms with Gasteiger partial charge in [-0.3, -0.25) is 4.57 Å². The van der Waals surface area contributed by atoms with Crippen molar-refractivity contribution in [1.82, 2.24) is 14.8 Å². The summed E-state index contributed by atoms with van der Waals surface area (Å²) >= 11 is 5.16. The van der Waals surface area contributed by atoms with Crippen LogP contribution >= 0.6 is 27.7 Å². The standard InChI is InChI=1S/C21H22BrN3O2S/c1-4-12-25-20(15(2)27-19-10-8-18(26-3)9-11-19)23-24-21(25)28-14-16-6-5-7-17(22)13-16/h4-11,13,15H,1,12,14H2,2-3H3. The first-order valence-corrected chi connectivity index (χ1v) is 10.6. The fourth-order valence-electron chi connectivity index (χ4n) is 2.69. The van der Waals surface area contributed by atoms with Crippen molar-refractivity contribution in [2.24, 2.45) is 0 Å². The van der Waals surface area contributed by atoms with E-state index < -0.39 is 0 Å². The summed E-state index contributed by atoms with van der Waals surface area (Å²) in [6, 6.07) is 15.8. The molecule has 1 unspecified atom stereocenters. The van der Waals surface area contributed by atoms with Crippen LogP contribution in [0.25, 0.3) is 0 Å². The van der Waals surface area contributed by atoms with E-state index in [9.17, 15) is 0 Å². The lowest BCUT2D eigenvalue weighted by atomic mass is 10.2. The summed E-state index contributed by atoms with van der Waals surface area (Å²) in [5.74, 6) is 3.13. The van der Waals surface area contributed by atoms with Crippen LogP contribution in [0.1, 0.15) is 24.4 Å². The molecular weight excluding hydrogens is 438 g/mol. The number of thioether (sulfide) groups is 1. The van der Waals surface area contributed by atoms with Gasteiger partial charge in [0.05, 0.1) is 7.11 Å². The predicted octanol–water partition coefficient (Wildman–Crippen LogP) is 5.67. The number of methoxy groups -OCH3 is 1. The van der Waals surface area contributed by atoms with Gasteiger partial charge in [0.25, 0.3) is 0 Å². The average Bonchev–Trinajstić information content (AvgIpc) is 3.10. The molecule has 7 heteroatoms. The van der Waals surface area contributed by atoms with E-state index in [1.165, 1.54) is 5.56 Å². The SMILES string of the molecule is C=CCn1c(SCc2cccc(Br)c2)nnc1C(C)Oc1ccc(OC)cc1. The van der Waals surface area contributed by atoms with Crippen LogP contribution in [0.5, 0.6) is 11.5 Å². The second kappa shape index (κ2) is 9.80. The third-order valence-corrected chi connectivity index (χ3v) is 5.58. The first-order chi connectivity index (χ1) is 13.6. The first-order valence-electron chi connectivity index (χ1n) is 8.82. The van der Waals surface area contributed by atoms with E-state index in [0.29, 0.717) is 6.54 Å². The van der Waals surface area contributed by atoms with Crippen molar-refractivity contribution >= 4 is 27.7 Å². The molecule has 146 valence electrons. The Kier molecular flexibility index (Phi) is 7.17. The zero-order chi connectivity index (χ0) is 19.9. The van der Waals surface area contributed by atoms with Crippen molar-refractivity contribution in [3.63, 3.8) is 0 Å². The van der Waals surface area contributed by atoms with Crippen LogP contribution in [0, 0.1) is 0 Å². The first kappa shape index (κ1) is 20.5. The van der Waals surface area contributed by atoms with Gasteiger partial charge in [-0.1, -0.05) is 45.9 Å². The number of allylic oxidation sites excluding steroid dienone is 1. The Bertz CT molecular complexity index is 928. The van der Waals surface area contributed by atoms with Gasteiger partial charge in [0.15, 0.2) is 17.1 Å². The molecule has 0 aliphatic rings. The molecule has 1 aromatic heterocycles. The summed E-state index contributed by atoms with van der Waals surface area (Å²) < 4.78 is 14.4. The molecule has 0 amide bonds. The zero-order valence-corrected chi connectivity index (χ0v) is 18.2. The van der Waals surface area contributed by atoms with Crippen LogP contribution < -0.4 is 9.47 Å². The Morgan fingerprint density at radius 1 is 1.18 bits per heavy atom. The molecule has 1 heterocycles. The van der Waals surface area contributed by atoms with Crippen molar-refractivity contribution in [3.8, 4) is 11.5 Å². The van der Waals surface area contributed by atoms with E-state index in [-0.39, 0.29) is 6.10 Å². The highest BCUT2D eigenvalue weighted by Crippen LogP contribution is 2.28. The predicted molar refractivity (Wildman–Crippen MR) is 116 cm³/mol. The number of halogens is 1. The van der Waals surface area contributed by atoms with Gasteiger partial charge in [-0.15, -0.1) is 16.8 Å². The van der Waals surface area contributed by atoms with E-state index >= 15 is 0 Å². The van der Waals surface area contributed by atoms with Crippen LogP contribution in [-0.4, -0.2) is 21.9 Å². The van der Waals surface area contributed by atoms with Gasteiger partial charge < -0.3 is 9.47 Å². The van der Waals surface area contributed by atoms with E-state index in [0.717, 1.165) is 32.7 Å². The molecule has 3 rings (SSSR count). The number of nitrogens with zero attached hydrogens (tertiary/aromatic N) is 3.